The number of rotatable bonds is 6. The highest BCUT2D eigenvalue weighted by Gasteiger charge is 2.22. The number of carbonyl (C=O) groups is 1. The van der Waals surface area contributed by atoms with Crippen LogP contribution in [0.4, 0.5) is 0 Å². The van der Waals surface area contributed by atoms with E-state index in [0.29, 0.717) is 18.3 Å². The number of amides is 1. The van der Waals surface area contributed by atoms with Gasteiger partial charge in [0, 0.05) is 24.2 Å². The van der Waals surface area contributed by atoms with Crippen molar-refractivity contribution < 1.29 is 14.6 Å². The molecule has 2 rings (SSSR count). The third kappa shape index (κ3) is 3.63. The monoisotopic (exact) mass is 250 g/mol. The van der Waals surface area contributed by atoms with Crippen molar-refractivity contribution in [2.75, 3.05) is 13.7 Å². The van der Waals surface area contributed by atoms with E-state index in [0.717, 1.165) is 18.4 Å². The number of nitrogens with one attached hydrogen (secondary N) is 2. The van der Waals surface area contributed by atoms with Gasteiger partial charge in [-0.1, -0.05) is 6.07 Å². The van der Waals surface area contributed by atoms with Gasteiger partial charge in [0.2, 0.25) is 5.91 Å². The van der Waals surface area contributed by atoms with Crippen molar-refractivity contribution in [1.82, 2.24) is 10.6 Å². The molecule has 0 spiro atoms. The quantitative estimate of drug-likeness (QED) is 0.697. The first-order valence-electron chi connectivity index (χ1n) is 6.05. The Morgan fingerprint density at radius 1 is 1.50 bits per heavy atom. The van der Waals surface area contributed by atoms with Crippen LogP contribution in [0.2, 0.25) is 0 Å². The maximum absolute atomic E-state index is 11.4. The molecule has 3 N–H and O–H groups in total. The summed E-state index contributed by atoms with van der Waals surface area (Å²) in [6, 6.07) is 5.50. The Kier molecular flexibility index (Phi) is 4.04. The molecule has 0 heterocycles. The molecule has 1 fully saturated rings. The number of benzene rings is 1. The molecule has 0 radical (unpaired) electrons. The fourth-order valence-corrected chi connectivity index (χ4v) is 1.64. The second-order valence-corrected chi connectivity index (χ2v) is 4.44. The Labute approximate surface area is 106 Å². The molecule has 1 aliphatic rings. The van der Waals surface area contributed by atoms with Gasteiger partial charge in [0.25, 0.3) is 0 Å². The molecule has 1 saturated carbocycles. The van der Waals surface area contributed by atoms with E-state index in [9.17, 15) is 9.90 Å². The smallest absolute Gasteiger partial charge is 0.234 e. The maximum Gasteiger partial charge on any atom is 0.234 e. The lowest BCUT2D eigenvalue weighted by molar-refractivity contribution is -0.120. The minimum Gasteiger partial charge on any atom is -0.507 e. The maximum atomic E-state index is 11.4. The molecule has 5 heteroatoms. The average Bonchev–Trinajstić information content (AvgIpc) is 3.15. The molecule has 1 aliphatic carbocycles. The van der Waals surface area contributed by atoms with E-state index in [1.807, 2.05) is 0 Å². The molecule has 0 aliphatic heterocycles. The van der Waals surface area contributed by atoms with Gasteiger partial charge in [-0.05, 0) is 18.9 Å². The molecule has 0 bridgehead atoms. The number of hydrogen-bond acceptors (Lipinski definition) is 4. The second kappa shape index (κ2) is 5.73. The van der Waals surface area contributed by atoms with Crippen molar-refractivity contribution >= 4 is 5.91 Å². The fraction of sp³-hybridized carbons (Fsp3) is 0.462. The Hall–Kier alpha value is -1.75. The van der Waals surface area contributed by atoms with Gasteiger partial charge in [-0.3, -0.25) is 4.79 Å². The highest BCUT2D eigenvalue weighted by Crippen LogP contribution is 2.23. The van der Waals surface area contributed by atoms with E-state index in [4.69, 9.17) is 4.74 Å². The number of phenols is 1. The van der Waals surface area contributed by atoms with Crippen molar-refractivity contribution in [3.05, 3.63) is 23.8 Å². The Morgan fingerprint density at radius 2 is 2.28 bits per heavy atom. The van der Waals surface area contributed by atoms with Crippen molar-refractivity contribution in [2.24, 2.45) is 0 Å². The van der Waals surface area contributed by atoms with Crippen LogP contribution in [0.15, 0.2) is 18.2 Å². The molecule has 18 heavy (non-hydrogen) atoms. The fourth-order valence-electron chi connectivity index (χ4n) is 1.64. The van der Waals surface area contributed by atoms with Crippen molar-refractivity contribution in [3.63, 3.8) is 0 Å². The van der Waals surface area contributed by atoms with Crippen LogP contribution in [-0.4, -0.2) is 30.7 Å². The van der Waals surface area contributed by atoms with Gasteiger partial charge in [-0.2, -0.15) is 0 Å². The molecular formula is C13H18N2O3. The van der Waals surface area contributed by atoms with Gasteiger partial charge in [-0.25, -0.2) is 0 Å². The first-order chi connectivity index (χ1) is 8.69. The molecule has 1 aromatic rings. The Bertz CT molecular complexity index is 430. The normalized spacial score (nSPS) is 14.3. The van der Waals surface area contributed by atoms with Gasteiger partial charge in [-0.15, -0.1) is 0 Å². The van der Waals surface area contributed by atoms with E-state index in [-0.39, 0.29) is 18.2 Å². The van der Waals surface area contributed by atoms with Crippen LogP contribution in [0.5, 0.6) is 11.5 Å². The van der Waals surface area contributed by atoms with Crippen molar-refractivity contribution in [2.45, 2.75) is 25.4 Å². The molecule has 0 saturated heterocycles. The first kappa shape index (κ1) is 12.7. The third-order valence-electron chi connectivity index (χ3n) is 2.84. The second-order valence-electron chi connectivity index (χ2n) is 4.44. The summed E-state index contributed by atoms with van der Waals surface area (Å²) in [5.74, 6) is 0.790. The number of phenolic OH excluding ortho intramolecular Hbond substituents is 1. The van der Waals surface area contributed by atoms with Gasteiger partial charge >= 0.3 is 0 Å². The van der Waals surface area contributed by atoms with Gasteiger partial charge in [0.1, 0.15) is 11.5 Å². The van der Waals surface area contributed by atoms with Crippen molar-refractivity contribution in [3.8, 4) is 11.5 Å². The highest BCUT2D eigenvalue weighted by atomic mass is 16.5. The van der Waals surface area contributed by atoms with Gasteiger partial charge in [0.05, 0.1) is 13.7 Å². The molecule has 1 aromatic carbocycles. The zero-order valence-corrected chi connectivity index (χ0v) is 10.4. The van der Waals surface area contributed by atoms with Crippen LogP contribution in [0, 0.1) is 0 Å². The lowest BCUT2D eigenvalue weighted by Gasteiger charge is -2.08. The van der Waals surface area contributed by atoms with Crippen LogP contribution >= 0.6 is 0 Å². The summed E-state index contributed by atoms with van der Waals surface area (Å²) in [6.45, 7) is 0.718. The topological polar surface area (TPSA) is 70.6 Å². The molecular weight excluding hydrogens is 232 g/mol. The first-order valence-corrected chi connectivity index (χ1v) is 6.05. The zero-order chi connectivity index (χ0) is 13.0. The summed E-state index contributed by atoms with van der Waals surface area (Å²) in [7, 11) is 1.55. The summed E-state index contributed by atoms with van der Waals surface area (Å²) in [5, 5.41) is 15.6. The third-order valence-corrected chi connectivity index (χ3v) is 2.84. The number of ether oxygens (including phenoxy) is 1. The summed E-state index contributed by atoms with van der Waals surface area (Å²) in [4.78, 5) is 11.4. The summed E-state index contributed by atoms with van der Waals surface area (Å²) >= 11 is 0. The molecule has 0 unspecified atom stereocenters. The number of aromatic hydroxyl groups is 1. The number of methoxy groups -OCH3 is 1. The van der Waals surface area contributed by atoms with Crippen LogP contribution < -0.4 is 15.4 Å². The lowest BCUT2D eigenvalue weighted by Crippen LogP contribution is -2.34. The summed E-state index contributed by atoms with van der Waals surface area (Å²) in [5.41, 5.74) is 0.745. The standard InChI is InChI=1S/C13H18N2O3/c1-18-11-5-2-9(12(16)6-11)7-14-8-13(17)15-10-3-4-10/h2,5-6,10,14,16H,3-4,7-8H2,1H3,(H,15,17). The summed E-state index contributed by atoms with van der Waals surface area (Å²) in [6.07, 6.45) is 2.18. The highest BCUT2D eigenvalue weighted by molar-refractivity contribution is 5.78. The van der Waals surface area contributed by atoms with Crippen LogP contribution in [-0.2, 0) is 11.3 Å². The van der Waals surface area contributed by atoms with Gasteiger partial charge in [0.15, 0.2) is 0 Å². The lowest BCUT2D eigenvalue weighted by atomic mass is 10.2. The minimum absolute atomic E-state index is 0.00509. The summed E-state index contributed by atoms with van der Waals surface area (Å²) < 4.78 is 5.00. The Morgan fingerprint density at radius 3 is 2.89 bits per heavy atom. The molecule has 0 aromatic heterocycles. The Balaban J connectivity index is 1.76. The molecule has 0 atom stereocenters. The predicted octanol–water partition coefficient (Wildman–Crippen LogP) is 0.769. The number of carbonyl (C=O) groups excluding carboxylic acids is 1. The van der Waals surface area contributed by atoms with E-state index >= 15 is 0 Å². The van der Waals surface area contributed by atoms with Gasteiger partial charge < -0.3 is 20.5 Å². The van der Waals surface area contributed by atoms with E-state index in [2.05, 4.69) is 10.6 Å². The minimum atomic E-state index is 0.00509. The molecule has 5 nitrogen and oxygen atoms in total. The average molecular weight is 250 g/mol. The van der Waals surface area contributed by atoms with E-state index in [1.54, 1.807) is 25.3 Å². The predicted molar refractivity (Wildman–Crippen MR) is 67.5 cm³/mol. The molecule has 98 valence electrons. The van der Waals surface area contributed by atoms with Crippen LogP contribution in [0.1, 0.15) is 18.4 Å². The SMILES string of the molecule is COc1ccc(CNCC(=O)NC2CC2)c(O)c1. The zero-order valence-electron chi connectivity index (χ0n) is 10.4. The van der Waals surface area contributed by atoms with Crippen LogP contribution in [0.3, 0.4) is 0 Å². The largest absolute Gasteiger partial charge is 0.507 e. The number of hydrogen-bond donors (Lipinski definition) is 3. The van der Waals surface area contributed by atoms with E-state index < -0.39 is 0 Å². The van der Waals surface area contributed by atoms with E-state index in [1.165, 1.54) is 0 Å². The van der Waals surface area contributed by atoms with Crippen LogP contribution in [0.25, 0.3) is 0 Å². The molecule has 1 amide bonds. The van der Waals surface area contributed by atoms with Crippen molar-refractivity contribution in [1.29, 1.82) is 0 Å².